The van der Waals surface area contributed by atoms with Gasteiger partial charge in [-0.15, -0.1) is 17.0 Å². The van der Waals surface area contributed by atoms with Crippen molar-refractivity contribution in [1.29, 1.82) is 0 Å². The topological polar surface area (TPSA) is 37.3 Å². The molecule has 1 N–H and O–H groups in total. The van der Waals surface area contributed by atoms with E-state index in [-0.39, 0.29) is 17.0 Å². The second kappa shape index (κ2) is 4.54. The monoisotopic (exact) mass is 202 g/mol. The Labute approximate surface area is 60.5 Å². The Hall–Kier alpha value is 0.670. The molecular formula is C4H12BrO2P. The molecule has 2 nitrogen and oxygen atoms in total. The van der Waals surface area contributed by atoms with Crippen LogP contribution in [-0.2, 0) is 4.57 Å². The van der Waals surface area contributed by atoms with Crippen molar-refractivity contribution >= 4 is 24.4 Å². The summed E-state index contributed by atoms with van der Waals surface area (Å²) in [6.07, 6.45) is 0.812. The molecule has 0 fully saturated rings. The summed E-state index contributed by atoms with van der Waals surface area (Å²) < 4.78 is 10.5. The molecule has 0 atom stereocenters. The van der Waals surface area contributed by atoms with Gasteiger partial charge in [0, 0.05) is 12.3 Å². The smallest absolute Gasteiger partial charge is 0.200 e. The third-order valence-electron chi connectivity index (χ3n) is 0.988. The molecule has 0 rings (SSSR count). The van der Waals surface area contributed by atoms with Crippen LogP contribution in [0, 0.1) is 0 Å². The van der Waals surface area contributed by atoms with E-state index in [1.54, 1.807) is 13.8 Å². The summed E-state index contributed by atoms with van der Waals surface area (Å²) in [5.41, 5.74) is 0. The van der Waals surface area contributed by atoms with Crippen LogP contribution in [0.25, 0.3) is 0 Å². The van der Waals surface area contributed by atoms with Gasteiger partial charge in [0.2, 0.25) is 0 Å². The Morgan fingerprint density at radius 3 is 1.62 bits per heavy atom. The van der Waals surface area contributed by atoms with E-state index >= 15 is 0 Å². The van der Waals surface area contributed by atoms with Gasteiger partial charge in [-0.2, -0.15) is 0 Å². The zero-order valence-corrected chi connectivity index (χ0v) is 7.73. The lowest BCUT2D eigenvalue weighted by molar-refractivity contribution is 0.481. The van der Waals surface area contributed by atoms with Crippen LogP contribution in [0.2, 0.25) is 0 Å². The van der Waals surface area contributed by atoms with Crippen molar-refractivity contribution in [1.82, 2.24) is 0 Å². The van der Waals surface area contributed by atoms with Crippen LogP contribution < -0.4 is 0 Å². The maximum atomic E-state index is 10.5. The second-order valence-corrected chi connectivity index (χ2v) is 4.44. The molecule has 0 saturated carbocycles. The third-order valence-corrected chi connectivity index (χ3v) is 2.96. The van der Waals surface area contributed by atoms with Crippen molar-refractivity contribution < 1.29 is 9.46 Å². The van der Waals surface area contributed by atoms with Crippen LogP contribution in [0.15, 0.2) is 0 Å². The Balaban J connectivity index is 0. The first kappa shape index (κ1) is 11.5. The van der Waals surface area contributed by atoms with Crippen molar-refractivity contribution in [2.75, 3.05) is 12.3 Å². The average molecular weight is 203 g/mol. The number of halogens is 1. The van der Waals surface area contributed by atoms with Gasteiger partial charge < -0.3 is 4.89 Å². The highest BCUT2D eigenvalue weighted by Gasteiger charge is 2.08. The summed E-state index contributed by atoms with van der Waals surface area (Å²) in [6.45, 7) is 3.45. The first-order valence-corrected chi connectivity index (χ1v) is 4.46. The maximum Gasteiger partial charge on any atom is 0.200 e. The lowest BCUT2D eigenvalue weighted by Gasteiger charge is -2.01. The summed E-state index contributed by atoms with van der Waals surface area (Å²) in [5.74, 6) is 0. The molecule has 0 aromatic carbocycles. The number of rotatable bonds is 2. The fourth-order valence-corrected chi connectivity index (χ4v) is 0.671. The van der Waals surface area contributed by atoms with Gasteiger partial charge in [0.05, 0.1) is 0 Å². The zero-order chi connectivity index (χ0) is 5.91. The molecule has 0 aliphatic heterocycles. The second-order valence-electron chi connectivity index (χ2n) is 1.48. The molecule has 4 heteroatoms. The molecule has 0 aromatic rings. The summed E-state index contributed by atoms with van der Waals surface area (Å²) in [7, 11) is -2.65. The van der Waals surface area contributed by atoms with Crippen LogP contribution in [0.5, 0.6) is 0 Å². The van der Waals surface area contributed by atoms with Crippen molar-refractivity contribution in [2.24, 2.45) is 0 Å². The van der Waals surface area contributed by atoms with Crippen LogP contribution in [0.4, 0.5) is 0 Å². The fraction of sp³-hybridized carbons (Fsp3) is 1.00. The minimum absolute atomic E-state index is 0. The highest BCUT2D eigenvalue weighted by Crippen LogP contribution is 2.38. The first-order chi connectivity index (χ1) is 3.12. The SMILES string of the molecule is Br.CCP(=O)(O)CC. The molecular weight excluding hydrogens is 191 g/mol. The molecule has 52 valence electrons. The minimum atomic E-state index is -2.65. The van der Waals surface area contributed by atoms with E-state index in [4.69, 9.17) is 4.89 Å². The molecule has 0 heterocycles. The van der Waals surface area contributed by atoms with Crippen LogP contribution >= 0.6 is 24.4 Å². The van der Waals surface area contributed by atoms with Crippen molar-refractivity contribution in [3.63, 3.8) is 0 Å². The lowest BCUT2D eigenvalue weighted by Crippen LogP contribution is -1.84. The van der Waals surface area contributed by atoms with Gasteiger partial charge in [0.1, 0.15) is 0 Å². The zero-order valence-electron chi connectivity index (χ0n) is 5.13. The molecule has 0 aliphatic rings. The van der Waals surface area contributed by atoms with E-state index in [0.717, 1.165) is 0 Å². The highest BCUT2D eigenvalue weighted by atomic mass is 79.9. The molecule has 0 aromatic heterocycles. The van der Waals surface area contributed by atoms with Gasteiger partial charge in [-0.1, -0.05) is 13.8 Å². The molecule has 0 radical (unpaired) electrons. The van der Waals surface area contributed by atoms with Gasteiger partial charge in [-0.3, -0.25) is 4.57 Å². The van der Waals surface area contributed by atoms with Crippen molar-refractivity contribution in [3.8, 4) is 0 Å². The molecule has 0 saturated heterocycles. The summed E-state index contributed by atoms with van der Waals surface area (Å²) in [6, 6.07) is 0. The third kappa shape index (κ3) is 4.82. The summed E-state index contributed by atoms with van der Waals surface area (Å²) >= 11 is 0. The van der Waals surface area contributed by atoms with Crippen molar-refractivity contribution in [3.05, 3.63) is 0 Å². The quantitative estimate of drug-likeness (QED) is 0.695. The Kier molecular flexibility index (Phi) is 6.51. The number of hydrogen-bond acceptors (Lipinski definition) is 1. The standard InChI is InChI=1S/C4H11O2P.BrH/c1-3-7(5,6)4-2;/h3-4H2,1-2H3,(H,5,6);1H. The molecule has 0 unspecified atom stereocenters. The summed E-state index contributed by atoms with van der Waals surface area (Å²) in [5, 5.41) is 0. The summed E-state index contributed by atoms with van der Waals surface area (Å²) in [4.78, 5) is 8.69. The maximum absolute atomic E-state index is 10.5. The van der Waals surface area contributed by atoms with Gasteiger partial charge in [-0.25, -0.2) is 0 Å². The molecule has 8 heavy (non-hydrogen) atoms. The number of hydrogen-bond donors (Lipinski definition) is 1. The van der Waals surface area contributed by atoms with Crippen LogP contribution in [-0.4, -0.2) is 17.2 Å². The predicted molar refractivity (Wildman–Crippen MR) is 41.2 cm³/mol. The Morgan fingerprint density at radius 1 is 1.38 bits per heavy atom. The van der Waals surface area contributed by atoms with E-state index < -0.39 is 7.37 Å². The molecule has 0 bridgehead atoms. The average Bonchev–Trinajstić information content (AvgIpc) is 1.68. The molecule has 0 spiro atoms. The van der Waals surface area contributed by atoms with E-state index in [9.17, 15) is 4.57 Å². The van der Waals surface area contributed by atoms with E-state index in [1.807, 2.05) is 0 Å². The van der Waals surface area contributed by atoms with Gasteiger partial charge >= 0.3 is 0 Å². The first-order valence-electron chi connectivity index (χ1n) is 2.43. The van der Waals surface area contributed by atoms with Crippen LogP contribution in [0.1, 0.15) is 13.8 Å². The fourth-order valence-electron chi connectivity index (χ4n) is 0.224. The van der Waals surface area contributed by atoms with E-state index in [1.165, 1.54) is 0 Å². The van der Waals surface area contributed by atoms with Crippen molar-refractivity contribution in [2.45, 2.75) is 13.8 Å². The highest BCUT2D eigenvalue weighted by molar-refractivity contribution is 8.93. The Bertz CT molecular complexity index is 86.0. The predicted octanol–water partition coefficient (Wildman–Crippen LogP) is 1.87. The molecule has 0 aliphatic carbocycles. The van der Waals surface area contributed by atoms with E-state index in [0.29, 0.717) is 12.3 Å². The minimum Gasteiger partial charge on any atom is -0.344 e. The van der Waals surface area contributed by atoms with Gasteiger partial charge in [-0.05, 0) is 0 Å². The molecule has 0 amide bonds. The Morgan fingerprint density at radius 2 is 1.62 bits per heavy atom. The normalized spacial score (nSPS) is 10.4. The largest absolute Gasteiger partial charge is 0.344 e. The van der Waals surface area contributed by atoms with Gasteiger partial charge in [0.25, 0.3) is 0 Å². The van der Waals surface area contributed by atoms with E-state index in [2.05, 4.69) is 0 Å². The van der Waals surface area contributed by atoms with Crippen LogP contribution in [0.3, 0.4) is 0 Å². The van der Waals surface area contributed by atoms with Gasteiger partial charge in [0.15, 0.2) is 7.37 Å². The lowest BCUT2D eigenvalue weighted by atomic mass is 11.0.